The van der Waals surface area contributed by atoms with Gasteiger partial charge >= 0.3 is 0 Å². The van der Waals surface area contributed by atoms with Crippen LogP contribution in [-0.2, 0) is 16.0 Å². The van der Waals surface area contributed by atoms with Gasteiger partial charge in [0, 0.05) is 24.2 Å². The first-order chi connectivity index (χ1) is 11.5. The van der Waals surface area contributed by atoms with E-state index in [-0.39, 0.29) is 17.9 Å². The molecule has 1 aromatic carbocycles. The van der Waals surface area contributed by atoms with Gasteiger partial charge in [0.1, 0.15) is 0 Å². The standard InChI is InChI=1S/C18H24ClN3O2/c19-14-5-3-13(4-6-14)12-17(23)21-10-7-15(8-11-21)22-9-1-2-16(22)18(20)24/h3-6,15-16H,1-2,7-12H2,(H2,20,24)/t16-/m0/s1. The molecule has 0 spiro atoms. The number of nitrogens with zero attached hydrogens (tertiary/aromatic N) is 2. The quantitative estimate of drug-likeness (QED) is 0.901. The lowest BCUT2D eigenvalue weighted by Crippen LogP contribution is -2.51. The van der Waals surface area contributed by atoms with Gasteiger partial charge in [-0.1, -0.05) is 23.7 Å². The van der Waals surface area contributed by atoms with Gasteiger partial charge < -0.3 is 10.6 Å². The molecule has 2 aliphatic rings. The lowest BCUT2D eigenvalue weighted by Gasteiger charge is -2.38. The number of amides is 2. The van der Waals surface area contributed by atoms with E-state index in [4.69, 9.17) is 17.3 Å². The van der Waals surface area contributed by atoms with E-state index in [2.05, 4.69) is 4.90 Å². The molecule has 6 heteroatoms. The van der Waals surface area contributed by atoms with Gasteiger partial charge in [-0.2, -0.15) is 0 Å². The van der Waals surface area contributed by atoms with Crippen LogP contribution in [0.4, 0.5) is 0 Å². The molecular formula is C18H24ClN3O2. The molecule has 0 aliphatic carbocycles. The van der Waals surface area contributed by atoms with E-state index in [1.54, 1.807) is 0 Å². The van der Waals surface area contributed by atoms with Gasteiger partial charge in [0.25, 0.3) is 0 Å². The third kappa shape index (κ3) is 3.90. The Balaban J connectivity index is 1.52. The van der Waals surface area contributed by atoms with Crippen LogP contribution in [0.5, 0.6) is 0 Å². The smallest absolute Gasteiger partial charge is 0.234 e. The summed E-state index contributed by atoms with van der Waals surface area (Å²) in [7, 11) is 0. The Morgan fingerprint density at radius 2 is 1.75 bits per heavy atom. The molecule has 1 atom stereocenters. The number of piperidine rings is 1. The van der Waals surface area contributed by atoms with Crippen LogP contribution in [0.2, 0.25) is 5.02 Å². The van der Waals surface area contributed by atoms with Gasteiger partial charge in [-0.25, -0.2) is 0 Å². The molecule has 130 valence electrons. The molecule has 0 bridgehead atoms. The summed E-state index contributed by atoms with van der Waals surface area (Å²) >= 11 is 5.88. The normalized spacial score (nSPS) is 22.7. The topological polar surface area (TPSA) is 66.6 Å². The van der Waals surface area contributed by atoms with E-state index in [9.17, 15) is 9.59 Å². The number of benzene rings is 1. The van der Waals surface area contributed by atoms with E-state index in [0.29, 0.717) is 17.5 Å². The van der Waals surface area contributed by atoms with Crippen molar-refractivity contribution in [3.63, 3.8) is 0 Å². The highest BCUT2D eigenvalue weighted by Crippen LogP contribution is 2.26. The SMILES string of the molecule is NC(=O)[C@@H]1CCCN1C1CCN(C(=O)Cc2ccc(Cl)cc2)CC1. The molecule has 2 fully saturated rings. The monoisotopic (exact) mass is 349 g/mol. The third-order valence-electron chi connectivity index (χ3n) is 5.18. The summed E-state index contributed by atoms with van der Waals surface area (Å²) in [5.74, 6) is -0.0580. The van der Waals surface area contributed by atoms with Crippen LogP contribution < -0.4 is 5.73 Å². The average Bonchev–Trinajstić information content (AvgIpc) is 3.07. The van der Waals surface area contributed by atoms with Gasteiger partial charge in [0.2, 0.25) is 11.8 Å². The molecule has 3 rings (SSSR count). The van der Waals surface area contributed by atoms with Crippen molar-refractivity contribution in [3.05, 3.63) is 34.9 Å². The lowest BCUT2D eigenvalue weighted by atomic mass is 10.0. The molecule has 24 heavy (non-hydrogen) atoms. The fourth-order valence-corrected chi connectivity index (χ4v) is 3.99. The maximum atomic E-state index is 12.5. The molecule has 1 aromatic rings. The molecule has 2 aliphatic heterocycles. The van der Waals surface area contributed by atoms with E-state index < -0.39 is 0 Å². The summed E-state index contributed by atoms with van der Waals surface area (Å²) in [6.45, 7) is 2.44. The molecule has 2 N–H and O–H groups in total. The second kappa shape index (κ2) is 7.53. The predicted octanol–water partition coefficient (Wildman–Crippen LogP) is 1.82. The van der Waals surface area contributed by atoms with Crippen LogP contribution in [-0.4, -0.2) is 53.3 Å². The second-order valence-corrected chi connectivity index (χ2v) is 7.15. The number of likely N-dealkylation sites (tertiary alicyclic amines) is 2. The zero-order chi connectivity index (χ0) is 17.1. The fraction of sp³-hybridized carbons (Fsp3) is 0.556. The van der Waals surface area contributed by atoms with Crippen molar-refractivity contribution in [2.75, 3.05) is 19.6 Å². The second-order valence-electron chi connectivity index (χ2n) is 6.71. The van der Waals surface area contributed by atoms with Gasteiger partial charge in [0.05, 0.1) is 12.5 Å². The Labute approximate surface area is 147 Å². The summed E-state index contributed by atoms with van der Waals surface area (Å²) in [6.07, 6.45) is 4.14. The predicted molar refractivity (Wildman–Crippen MR) is 93.7 cm³/mol. The van der Waals surface area contributed by atoms with Crippen LogP contribution in [0.1, 0.15) is 31.2 Å². The molecule has 5 nitrogen and oxygen atoms in total. The maximum Gasteiger partial charge on any atom is 0.234 e. The Hall–Kier alpha value is -1.59. The molecule has 2 saturated heterocycles. The van der Waals surface area contributed by atoms with E-state index in [0.717, 1.165) is 50.9 Å². The van der Waals surface area contributed by atoms with Crippen LogP contribution in [0, 0.1) is 0 Å². The van der Waals surface area contributed by atoms with Crippen molar-refractivity contribution in [2.24, 2.45) is 5.73 Å². The summed E-state index contributed by atoms with van der Waals surface area (Å²) in [4.78, 5) is 28.2. The number of halogens is 1. The number of hydrogen-bond acceptors (Lipinski definition) is 3. The molecular weight excluding hydrogens is 326 g/mol. The zero-order valence-corrected chi connectivity index (χ0v) is 14.5. The Kier molecular flexibility index (Phi) is 5.41. The number of carbonyl (C=O) groups excluding carboxylic acids is 2. The van der Waals surface area contributed by atoms with Gasteiger partial charge in [-0.05, 0) is 49.9 Å². The number of rotatable bonds is 4. The zero-order valence-electron chi connectivity index (χ0n) is 13.8. The average molecular weight is 350 g/mol. The van der Waals surface area contributed by atoms with Gasteiger partial charge in [0.15, 0.2) is 0 Å². The van der Waals surface area contributed by atoms with Crippen LogP contribution in [0.15, 0.2) is 24.3 Å². The van der Waals surface area contributed by atoms with Gasteiger partial charge in [-0.3, -0.25) is 14.5 Å². The summed E-state index contributed by atoms with van der Waals surface area (Å²) in [6, 6.07) is 7.67. The van der Waals surface area contributed by atoms with E-state index in [1.807, 2.05) is 29.2 Å². The molecule has 2 heterocycles. The largest absolute Gasteiger partial charge is 0.368 e. The highest BCUT2D eigenvalue weighted by Gasteiger charge is 2.36. The first-order valence-corrected chi connectivity index (χ1v) is 8.99. The Bertz CT molecular complexity index is 597. The fourth-order valence-electron chi connectivity index (χ4n) is 3.87. The van der Waals surface area contributed by atoms with Crippen molar-refractivity contribution in [1.82, 2.24) is 9.80 Å². The minimum atomic E-state index is -0.214. The highest BCUT2D eigenvalue weighted by molar-refractivity contribution is 6.30. The minimum absolute atomic E-state index is 0.119. The summed E-state index contributed by atoms with van der Waals surface area (Å²) in [5.41, 5.74) is 6.50. The van der Waals surface area contributed by atoms with Crippen LogP contribution in [0.3, 0.4) is 0 Å². The molecule has 0 radical (unpaired) electrons. The first kappa shape index (κ1) is 17.2. The van der Waals surface area contributed by atoms with E-state index >= 15 is 0 Å². The van der Waals surface area contributed by atoms with Crippen molar-refractivity contribution in [2.45, 2.75) is 44.2 Å². The van der Waals surface area contributed by atoms with E-state index in [1.165, 1.54) is 0 Å². The number of hydrogen-bond donors (Lipinski definition) is 1. The van der Waals surface area contributed by atoms with Crippen molar-refractivity contribution < 1.29 is 9.59 Å². The molecule has 0 unspecified atom stereocenters. The minimum Gasteiger partial charge on any atom is -0.368 e. The molecule has 0 aromatic heterocycles. The molecule has 0 saturated carbocycles. The summed E-state index contributed by atoms with van der Waals surface area (Å²) < 4.78 is 0. The Morgan fingerprint density at radius 3 is 2.38 bits per heavy atom. The first-order valence-electron chi connectivity index (χ1n) is 8.62. The van der Waals surface area contributed by atoms with Crippen molar-refractivity contribution >= 4 is 23.4 Å². The van der Waals surface area contributed by atoms with Crippen molar-refractivity contribution in [3.8, 4) is 0 Å². The Morgan fingerprint density at radius 1 is 1.08 bits per heavy atom. The number of primary amides is 1. The summed E-state index contributed by atoms with van der Waals surface area (Å²) in [5, 5.41) is 0.682. The molecule has 2 amide bonds. The number of nitrogens with two attached hydrogens (primary N) is 1. The highest BCUT2D eigenvalue weighted by atomic mass is 35.5. The lowest BCUT2D eigenvalue weighted by molar-refractivity contribution is -0.133. The van der Waals surface area contributed by atoms with Crippen LogP contribution in [0.25, 0.3) is 0 Å². The third-order valence-corrected chi connectivity index (χ3v) is 5.43. The maximum absolute atomic E-state index is 12.5. The van der Waals surface area contributed by atoms with Crippen LogP contribution >= 0.6 is 11.6 Å². The van der Waals surface area contributed by atoms with Gasteiger partial charge in [-0.15, -0.1) is 0 Å². The van der Waals surface area contributed by atoms with Crippen molar-refractivity contribution in [1.29, 1.82) is 0 Å². The number of carbonyl (C=O) groups is 2.